The van der Waals surface area contributed by atoms with Crippen molar-refractivity contribution < 1.29 is 26.4 Å². The number of alkyl halides is 3. The minimum absolute atomic E-state index is 0.000921. The molecule has 0 radical (unpaired) electrons. The summed E-state index contributed by atoms with van der Waals surface area (Å²) < 4.78 is 67.0. The summed E-state index contributed by atoms with van der Waals surface area (Å²) in [5.41, 5.74) is 4.98. The molecule has 0 saturated carbocycles. The Labute approximate surface area is 158 Å². The van der Waals surface area contributed by atoms with Gasteiger partial charge in [0.1, 0.15) is 28.4 Å². The number of aromatic nitrogens is 2. The Morgan fingerprint density at radius 2 is 2.04 bits per heavy atom. The minimum atomic E-state index is -4.81. The van der Waals surface area contributed by atoms with Crippen LogP contribution in [0.4, 0.5) is 13.2 Å². The lowest BCUT2D eigenvalue weighted by molar-refractivity contribution is -0.147. The zero-order chi connectivity index (χ0) is 21.4. The van der Waals surface area contributed by atoms with Gasteiger partial charge in [-0.05, 0) is 31.5 Å². The third kappa shape index (κ3) is 3.85. The van der Waals surface area contributed by atoms with Crippen molar-refractivity contribution in [3.63, 3.8) is 0 Å². The number of nitrogens with one attached hydrogen (secondary N) is 1. The first-order chi connectivity index (χ1) is 12.8. The number of halogens is 3. The first-order valence-electron chi connectivity index (χ1n) is 7.76. The molecule has 0 aliphatic carbocycles. The monoisotopic (exact) mass is 415 g/mol. The summed E-state index contributed by atoms with van der Waals surface area (Å²) in [6.45, 7) is 1.99. The number of pyridine rings is 1. The van der Waals surface area contributed by atoms with Crippen molar-refractivity contribution in [3.05, 3.63) is 35.4 Å². The number of amides is 1. The number of sulfonamides is 1. The Kier molecular flexibility index (Phi) is 5.54. The van der Waals surface area contributed by atoms with E-state index in [9.17, 15) is 26.4 Å². The molecule has 8 nitrogen and oxygen atoms in total. The second kappa shape index (κ2) is 7.25. The lowest BCUT2D eigenvalue weighted by Crippen LogP contribution is -2.43. The van der Waals surface area contributed by atoms with Gasteiger partial charge in [0.15, 0.2) is 0 Å². The van der Waals surface area contributed by atoms with E-state index in [1.54, 1.807) is 10.8 Å². The Morgan fingerprint density at radius 3 is 2.54 bits per heavy atom. The molecule has 1 atom stereocenters. The van der Waals surface area contributed by atoms with E-state index in [-0.39, 0.29) is 28.2 Å². The number of primary amides is 1. The number of hydrogen-bond acceptors (Lipinski definition) is 5. The summed E-state index contributed by atoms with van der Waals surface area (Å²) >= 11 is 0. The molecule has 0 aliphatic heterocycles. The molecule has 0 saturated heterocycles. The molecule has 2 rings (SSSR count). The number of rotatable bonds is 5. The second-order valence-corrected chi connectivity index (χ2v) is 7.64. The molecule has 0 unspecified atom stereocenters. The molecule has 0 fully saturated rings. The van der Waals surface area contributed by atoms with E-state index in [1.807, 2.05) is 0 Å². The quantitative estimate of drug-likeness (QED) is 0.766. The van der Waals surface area contributed by atoms with E-state index in [2.05, 4.69) is 4.98 Å². The van der Waals surface area contributed by atoms with Crippen molar-refractivity contribution in [3.8, 4) is 17.2 Å². The van der Waals surface area contributed by atoms with Gasteiger partial charge in [-0.25, -0.2) is 13.4 Å². The zero-order valence-electron chi connectivity index (χ0n) is 15.0. The van der Waals surface area contributed by atoms with Gasteiger partial charge >= 0.3 is 6.18 Å². The normalized spacial score (nSPS) is 13.2. The molecule has 28 heavy (non-hydrogen) atoms. The van der Waals surface area contributed by atoms with Crippen molar-refractivity contribution in [2.75, 3.05) is 0 Å². The van der Waals surface area contributed by atoms with Crippen LogP contribution >= 0.6 is 0 Å². The largest absolute Gasteiger partial charge is 0.404 e. The number of carbonyl (C=O) groups is 1. The Hall–Kier alpha value is -2.91. The average Bonchev–Trinajstić information content (AvgIpc) is 2.86. The topological polar surface area (TPSA) is 131 Å². The SMILES string of the molecule is Cc1c(S(=O)(=O)N[C@H](C)C(F)(F)F)c(-c2ccnc(C#N)c2)c(C(N)=O)n1C. The number of carbonyl (C=O) groups excluding carboxylic acids is 1. The average molecular weight is 415 g/mol. The number of nitrogens with two attached hydrogens (primary N) is 1. The first-order valence-corrected chi connectivity index (χ1v) is 9.24. The lowest BCUT2D eigenvalue weighted by atomic mass is 10.1. The predicted molar refractivity (Wildman–Crippen MR) is 92.5 cm³/mol. The zero-order valence-corrected chi connectivity index (χ0v) is 15.8. The van der Waals surface area contributed by atoms with E-state index in [0.29, 0.717) is 6.92 Å². The lowest BCUT2D eigenvalue weighted by Gasteiger charge is -2.18. The van der Waals surface area contributed by atoms with Crippen LogP contribution in [0.3, 0.4) is 0 Å². The van der Waals surface area contributed by atoms with Crippen LogP contribution in [0.15, 0.2) is 23.2 Å². The van der Waals surface area contributed by atoms with Gasteiger partial charge in [0.2, 0.25) is 10.0 Å². The van der Waals surface area contributed by atoms with Gasteiger partial charge < -0.3 is 10.3 Å². The summed E-state index contributed by atoms with van der Waals surface area (Å²) in [4.78, 5) is 15.2. The molecule has 2 heterocycles. The number of hydrogen-bond donors (Lipinski definition) is 2. The molecule has 150 valence electrons. The molecule has 1 amide bonds. The fourth-order valence-electron chi connectivity index (χ4n) is 2.67. The molecular weight excluding hydrogens is 399 g/mol. The summed E-state index contributed by atoms with van der Waals surface area (Å²) in [5.74, 6) is -0.985. The second-order valence-electron chi connectivity index (χ2n) is 5.99. The Bertz CT molecular complexity index is 1080. The van der Waals surface area contributed by atoms with Crippen LogP contribution < -0.4 is 10.5 Å². The van der Waals surface area contributed by atoms with Gasteiger partial charge in [0.05, 0.1) is 0 Å². The van der Waals surface area contributed by atoms with E-state index < -0.39 is 33.0 Å². The molecule has 2 aromatic rings. The van der Waals surface area contributed by atoms with Crippen LogP contribution in [0.5, 0.6) is 0 Å². The number of nitrogens with zero attached hydrogens (tertiary/aromatic N) is 3. The van der Waals surface area contributed by atoms with Gasteiger partial charge in [-0.1, -0.05) is 0 Å². The van der Waals surface area contributed by atoms with Gasteiger partial charge in [-0.2, -0.15) is 23.2 Å². The van der Waals surface area contributed by atoms with Gasteiger partial charge in [0, 0.05) is 24.5 Å². The predicted octanol–water partition coefficient (Wildman–Crippen LogP) is 1.60. The van der Waals surface area contributed by atoms with Crippen LogP contribution in [0.1, 0.15) is 28.8 Å². The summed E-state index contributed by atoms with van der Waals surface area (Å²) in [7, 11) is -3.35. The highest BCUT2D eigenvalue weighted by molar-refractivity contribution is 7.89. The van der Waals surface area contributed by atoms with Gasteiger partial charge in [0.25, 0.3) is 5.91 Å². The Morgan fingerprint density at radius 1 is 1.43 bits per heavy atom. The van der Waals surface area contributed by atoms with Gasteiger partial charge in [-0.15, -0.1) is 0 Å². The van der Waals surface area contributed by atoms with E-state index in [0.717, 1.165) is 0 Å². The highest BCUT2D eigenvalue weighted by Crippen LogP contribution is 2.36. The summed E-state index contributed by atoms with van der Waals surface area (Å²) in [6, 6.07) is 1.95. The molecule has 3 N–H and O–H groups in total. The van der Waals surface area contributed by atoms with Crippen LogP contribution in [0.2, 0.25) is 0 Å². The highest BCUT2D eigenvalue weighted by Gasteiger charge is 2.41. The van der Waals surface area contributed by atoms with Crippen molar-refractivity contribution >= 4 is 15.9 Å². The van der Waals surface area contributed by atoms with E-state index in [4.69, 9.17) is 11.0 Å². The molecular formula is C16H16F3N5O3S. The first kappa shape index (κ1) is 21.4. The summed E-state index contributed by atoms with van der Waals surface area (Å²) in [5, 5.41) is 9.02. The Balaban J connectivity index is 2.83. The smallest absolute Gasteiger partial charge is 0.364 e. The van der Waals surface area contributed by atoms with Crippen LogP contribution in [0.25, 0.3) is 11.1 Å². The standard InChI is InChI=1S/C16H16F3N5O3S/c1-8-14(28(26,27)23-9(2)16(17,18)19)12(13(15(21)25)24(8)3)10-4-5-22-11(6-10)7-20/h4-6,9,23H,1-3H3,(H2,21,25)/t9-/m1/s1. The molecule has 0 aromatic carbocycles. The highest BCUT2D eigenvalue weighted by atomic mass is 32.2. The van der Waals surface area contributed by atoms with E-state index in [1.165, 1.54) is 36.9 Å². The number of nitriles is 1. The maximum Gasteiger partial charge on any atom is 0.404 e. The molecule has 2 aromatic heterocycles. The van der Waals surface area contributed by atoms with Crippen molar-refractivity contribution in [2.24, 2.45) is 12.8 Å². The van der Waals surface area contributed by atoms with Crippen LogP contribution in [-0.2, 0) is 17.1 Å². The maximum atomic E-state index is 12.9. The molecule has 0 aliphatic rings. The van der Waals surface area contributed by atoms with Crippen LogP contribution in [-0.4, -0.2) is 36.1 Å². The third-order valence-corrected chi connectivity index (χ3v) is 5.82. The maximum absolute atomic E-state index is 12.9. The third-order valence-electron chi connectivity index (χ3n) is 4.12. The summed E-state index contributed by atoms with van der Waals surface area (Å²) in [6.07, 6.45) is -3.60. The fourth-order valence-corrected chi connectivity index (χ4v) is 4.39. The van der Waals surface area contributed by atoms with Gasteiger partial charge in [-0.3, -0.25) is 4.79 Å². The molecule has 0 spiro atoms. The fraction of sp³-hybridized carbons (Fsp3) is 0.312. The van der Waals surface area contributed by atoms with Crippen molar-refractivity contribution in [2.45, 2.75) is 31.0 Å². The molecule has 0 bridgehead atoms. The molecule has 12 heteroatoms. The van der Waals surface area contributed by atoms with Crippen molar-refractivity contribution in [1.82, 2.24) is 14.3 Å². The van der Waals surface area contributed by atoms with E-state index >= 15 is 0 Å². The van der Waals surface area contributed by atoms with Crippen molar-refractivity contribution in [1.29, 1.82) is 5.26 Å². The minimum Gasteiger partial charge on any atom is -0.364 e. The van der Waals surface area contributed by atoms with Crippen LogP contribution in [0, 0.1) is 18.3 Å².